The first-order valence-corrected chi connectivity index (χ1v) is 10.4. The molecule has 0 saturated carbocycles. The zero-order valence-electron chi connectivity index (χ0n) is 16.0. The van der Waals surface area contributed by atoms with E-state index in [9.17, 15) is 14.9 Å². The molecular formula is C19H16ClN7O3S. The minimum atomic E-state index is -0.626. The van der Waals surface area contributed by atoms with E-state index in [1.807, 2.05) is 17.5 Å². The van der Waals surface area contributed by atoms with Crippen LogP contribution in [0.25, 0.3) is 11.0 Å². The average Bonchev–Trinajstić information content (AvgIpc) is 3.42. The number of thiophene rings is 1. The number of carbonyl (C=O) groups excluding carboxylic acids is 1. The first kappa shape index (κ1) is 20.7. The van der Waals surface area contributed by atoms with Crippen LogP contribution in [0.15, 0.2) is 48.2 Å². The van der Waals surface area contributed by atoms with Gasteiger partial charge in [0.15, 0.2) is 5.65 Å². The van der Waals surface area contributed by atoms with Crippen molar-refractivity contribution in [2.75, 3.05) is 11.9 Å². The van der Waals surface area contributed by atoms with E-state index in [4.69, 9.17) is 11.6 Å². The van der Waals surface area contributed by atoms with Crippen molar-refractivity contribution < 1.29 is 9.72 Å². The summed E-state index contributed by atoms with van der Waals surface area (Å²) in [5.41, 5.74) is 0.482. The van der Waals surface area contributed by atoms with E-state index in [2.05, 4.69) is 25.7 Å². The fraction of sp³-hybridized carbons (Fsp3) is 0.158. The molecule has 12 heteroatoms. The van der Waals surface area contributed by atoms with Gasteiger partial charge in [-0.1, -0.05) is 17.7 Å². The number of nitrogens with one attached hydrogen (secondary N) is 2. The van der Waals surface area contributed by atoms with Crippen LogP contribution in [0.5, 0.6) is 0 Å². The van der Waals surface area contributed by atoms with Crippen molar-refractivity contribution in [1.29, 1.82) is 0 Å². The molecule has 4 aromatic rings. The number of nitro groups is 1. The first-order chi connectivity index (χ1) is 15.0. The Bertz CT molecular complexity index is 1240. The molecule has 3 aromatic heterocycles. The molecule has 0 spiro atoms. The van der Waals surface area contributed by atoms with Crippen molar-refractivity contribution in [1.82, 2.24) is 25.1 Å². The highest BCUT2D eigenvalue weighted by Gasteiger charge is 2.16. The predicted molar refractivity (Wildman–Crippen MR) is 117 cm³/mol. The van der Waals surface area contributed by atoms with Crippen molar-refractivity contribution >= 4 is 51.4 Å². The van der Waals surface area contributed by atoms with E-state index in [1.165, 1.54) is 23.3 Å². The molecule has 158 valence electrons. The van der Waals surface area contributed by atoms with Gasteiger partial charge in [-0.2, -0.15) is 5.10 Å². The number of carbonyl (C=O) groups is 1. The summed E-state index contributed by atoms with van der Waals surface area (Å²) in [6, 6.07) is 7.95. The Labute approximate surface area is 185 Å². The number of nitro benzene ring substituents is 1. The maximum Gasteiger partial charge on any atom is 0.288 e. The van der Waals surface area contributed by atoms with E-state index in [0.717, 1.165) is 11.5 Å². The van der Waals surface area contributed by atoms with Crippen LogP contribution in [0.4, 0.5) is 11.5 Å². The second-order valence-electron chi connectivity index (χ2n) is 6.44. The van der Waals surface area contributed by atoms with Crippen molar-refractivity contribution in [3.63, 3.8) is 0 Å². The number of benzene rings is 1. The van der Waals surface area contributed by atoms with Gasteiger partial charge in [0, 0.05) is 23.1 Å². The van der Waals surface area contributed by atoms with Crippen LogP contribution in [-0.2, 0) is 13.1 Å². The topological polar surface area (TPSA) is 128 Å². The molecule has 31 heavy (non-hydrogen) atoms. The summed E-state index contributed by atoms with van der Waals surface area (Å²) in [5.74, 6) is 0.242. The van der Waals surface area contributed by atoms with Crippen molar-refractivity contribution in [2.45, 2.75) is 13.1 Å². The molecule has 1 aromatic carbocycles. The fourth-order valence-electron chi connectivity index (χ4n) is 2.95. The quantitative estimate of drug-likeness (QED) is 0.306. The number of hydrogen-bond acceptors (Lipinski definition) is 8. The summed E-state index contributed by atoms with van der Waals surface area (Å²) in [6.45, 7) is 1.28. The van der Waals surface area contributed by atoms with Gasteiger partial charge in [0.2, 0.25) is 0 Å². The third kappa shape index (κ3) is 4.62. The second-order valence-corrected chi connectivity index (χ2v) is 7.88. The lowest BCUT2D eigenvalue weighted by Gasteiger charge is -2.07. The number of nitrogens with zero attached hydrogens (tertiary/aromatic N) is 5. The molecule has 0 atom stereocenters. The maximum atomic E-state index is 12.3. The number of halogens is 1. The zero-order chi connectivity index (χ0) is 21.8. The van der Waals surface area contributed by atoms with Gasteiger partial charge in [-0.25, -0.2) is 14.6 Å². The van der Waals surface area contributed by atoms with Gasteiger partial charge in [0.25, 0.3) is 11.6 Å². The summed E-state index contributed by atoms with van der Waals surface area (Å²) >= 11 is 7.44. The largest absolute Gasteiger partial charge is 0.364 e. The molecule has 0 unspecified atom stereocenters. The summed E-state index contributed by atoms with van der Waals surface area (Å²) in [5, 5.41) is 24.1. The van der Waals surface area contributed by atoms with Crippen LogP contribution in [0.2, 0.25) is 5.02 Å². The van der Waals surface area contributed by atoms with Crippen molar-refractivity contribution in [3.8, 4) is 0 Å². The molecule has 3 heterocycles. The summed E-state index contributed by atoms with van der Waals surface area (Å²) in [4.78, 5) is 32.5. The maximum absolute atomic E-state index is 12.3. The number of anilines is 1. The van der Waals surface area contributed by atoms with E-state index < -0.39 is 10.8 Å². The molecule has 0 saturated heterocycles. The summed E-state index contributed by atoms with van der Waals surface area (Å²) < 4.78 is 1.66. The summed E-state index contributed by atoms with van der Waals surface area (Å²) in [6.07, 6.45) is 3.14. The van der Waals surface area contributed by atoms with E-state index in [-0.39, 0.29) is 22.8 Å². The highest BCUT2D eigenvalue weighted by atomic mass is 35.5. The Morgan fingerprint density at radius 1 is 1.29 bits per heavy atom. The molecule has 0 aliphatic heterocycles. The highest BCUT2D eigenvalue weighted by molar-refractivity contribution is 7.09. The number of hydrogen-bond donors (Lipinski definition) is 2. The Balaban J connectivity index is 1.40. The molecule has 0 fully saturated rings. The smallest absolute Gasteiger partial charge is 0.288 e. The Morgan fingerprint density at radius 3 is 2.94 bits per heavy atom. The van der Waals surface area contributed by atoms with Crippen molar-refractivity contribution in [2.24, 2.45) is 0 Å². The minimum Gasteiger partial charge on any atom is -0.364 e. The zero-order valence-corrected chi connectivity index (χ0v) is 17.6. The standard InChI is InChI=1S/C19H16ClN7O3S/c20-15-4-3-12(8-16(15)27(29)30)19(28)21-5-6-26-18-14(10-25-26)17(23-11-24-18)22-9-13-2-1-7-31-13/h1-4,7-8,10-11H,5-6,9H2,(H,21,28)(H,22,23,24). The van der Waals surface area contributed by atoms with Gasteiger partial charge in [-0.3, -0.25) is 14.9 Å². The Hall–Kier alpha value is -3.57. The molecule has 0 aliphatic carbocycles. The van der Waals surface area contributed by atoms with Gasteiger partial charge < -0.3 is 10.6 Å². The van der Waals surface area contributed by atoms with Crippen LogP contribution in [0.3, 0.4) is 0 Å². The molecule has 0 aliphatic rings. The Morgan fingerprint density at radius 2 is 2.16 bits per heavy atom. The van der Waals surface area contributed by atoms with Gasteiger partial charge >= 0.3 is 0 Å². The molecule has 4 rings (SSSR count). The number of amides is 1. The molecule has 0 bridgehead atoms. The lowest BCUT2D eigenvalue weighted by molar-refractivity contribution is -0.384. The normalized spacial score (nSPS) is 10.9. The van der Waals surface area contributed by atoms with E-state index in [1.54, 1.807) is 22.2 Å². The van der Waals surface area contributed by atoms with E-state index >= 15 is 0 Å². The van der Waals surface area contributed by atoms with Crippen LogP contribution in [-0.4, -0.2) is 37.1 Å². The van der Waals surface area contributed by atoms with Gasteiger partial charge in [0.1, 0.15) is 17.2 Å². The number of fused-ring (bicyclic) bond motifs is 1. The lowest BCUT2D eigenvalue weighted by Crippen LogP contribution is -2.27. The molecular weight excluding hydrogens is 442 g/mol. The lowest BCUT2D eigenvalue weighted by atomic mass is 10.2. The molecule has 0 radical (unpaired) electrons. The minimum absolute atomic E-state index is 0.0206. The fourth-order valence-corrected chi connectivity index (χ4v) is 3.78. The summed E-state index contributed by atoms with van der Waals surface area (Å²) in [7, 11) is 0. The molecule has 1 amide bonds. The number of aromatic nitrogens is 4. The van der Waals surface area contributed by atoms with E-state index in [0.29, 0.717) is 24.6 Å². The third-order valence-electron chi connectivity index (χ3n) is 4.46. The van der Waals surface area contributed by atoms with Gasteiger partial charge in [-0.15, -0.1) is 11.3 Å². The van der Waals surface area contributed by atoms with Gasteiger partial charge in [0.05, 0.1) is 29.6 Å². The van der Waals surface area contributed by atoms with Gasteiger partial charge in [-0.05, 0) is 23.6 Å². The average molecular weight is 458 g/mol. The third-order valence-corrected chi connectivity index (χ3v) is 5.65. The number of rotatable bonds is 8. The van der Waals surface area contributed by atoms with Crippen LogP contribution >= 0.6 is 22.9 Å². The highest BCUT2D eigenvalue weighted by Crippen LogP contribution is 2.25. The predicted octanol–water partition coefficient (Wildman–Crippen LogP) is 3.49. The monoisotopic (exact) mass is 457 g/mol. The van der Waals surface area contributed by atoms with Crippen LogP contribution in [0, 0.1) is 10.1 Å². The van der Waals surface area contributed by atoms with Crippen LogP contribution < -0.4 is 10.6 Å². The Kier molecular flexibility index (Phi) is 6.05. The first-order valence-electron chi connectivity index (χ1n) is 9.18. The van der Waals surface area contributed by atoms with Crippen molar-refractivity contribution in [3.05, 3.63) is 73.8 Å². The molecule has 2 N–H and O–H groups in total. The molecule has 10 nitrogen and oxygen atoms in total. The van der Waals surface area contributed by atoms with Crippen LogP contribution in [0.1, 0.15) is 15.2 Å². The second kappa shape index (κ2) is 9.06. The SMILES string of the molecule is O=C(NCCn1ncc2c(NCc3cccs3)ncnc21)c1ccc(Cl)c([N+](=O)[O-])c1.